The molecule has 0 saturated carbocycles. The number of rotatable bonds is 1. The standard InChI is InChI=1S/C14H18N2S.C7H15N/c1-10-9-16(2)8-7-11(10)14-15-12-5-3-4-6-13(12)17-14;1-7-4-2-3-5-8-6-7/h3-6,10-11H,7-9H2,1-2H3;7-8H,2-6H2,1H3/t10?,11-;/m0./s1. The van der Waals surface area contributed by atoms with Gasteiger partial charge < -0.3 is 10.2 Å². The first-order valence-electron chi connectivity index (χ1n) is 9.88. The van der Waals surface area contributed by atoms with Crippen molar-refractivity contribution >= 4 is 21.6 Å². The molecule has 0 radical (unpaired) electrons. The summed E-state index contributed by atoms with van der Waals surface area (Å²) in [5.41, 5.74) is 1.17. The molecule has 4 rings (SSSR count). The smallest absolute Gasteiger partial charge is 0.0973 e. The molecule has 0 spiro atoms. The van der Waals surface area contributed by atoms with Gasteiger partial charge in [0.25, 0.3) is 0 Å². The van der Waals surface area contributed by atoms with Crippen LogP contribution in [0.25, 0.3) is 10.2 Å². The van der Waals surface area contributed by atoms with E-state index in [4.69, 9.17) is 4.98 Å². The first-order valence-corrected chi connectivity index (χ1v) is 10.7. The van der Waals surface area contributed by atoms with Gasteiger partial charge >= 0.3 is 0 Å². The minimum atomic E-state index is 0.656. The quantitative estimate of drug-likeness (QED) is 0.796. The maximum Gasteiger partial charge on any atom is 0.0973 e. The van der Waals surface area contributed by atoms with E-state index >= 15 is 0 Å². The van der Waals surface area contributed by atoms with E-state index in [1.165, 1.54) is 67.1 Å². The molecule has 0 amide bonds. The molecule has 2 aliphatic heterocycles. The molecule has 1 aromatic heterocycles. The number of piperidine rings is 1. The molecule has 25 heavy (non-hydrogen) atoms. The molecular weight excluding hydrogens is 326 g/mol. The molecule has 2 aliphatic rings. The van der Waals surface area contributed by atoms with Gasteiger partial charge in [-0.25, -0.2) is 4.98 Å². The van der Waals surface area contributed by atoms with E-state index in [2.05, 4.69) is 55.4 Å². The van der Waals surface area contributed by atoms with Crippen molar-refractivity contribution in [1.82, 2.24) is 15.2 Å². The molecule has 2 unspecified atom stereocenters. The summed E-state index contributed by atoms with van der Waals surface area (Å²) < 4.78 is 1.33. The van der Waals surface area contributed by atoms with Gasteiger partial charge in [0.15, 0.2) is 0 Å². The topological polar surface area (TPSA) is 28.2 Å². The molecule has 0 aliphatic carbocycles. The van der Waals surface area contributed by atoms with E-state index in [1.54, 1.807) is 0 Å². The van der Waals surface area contributed by atoms with Crippen LogP contribution < -0.4 is 5.32 Å². The van der Waals surface area contributed by atoms with Crippen LogP contribution in [0.5, 0.6) is 0 Å². The van der Waals surface area contributed by atoms with Crippen molar-refractivity contribution < 1.29 is 0 Å². The van der Waals surface area contributed by atoms with E-state index < -0.39 is 0 Å². The van der Waals surface area contributed by atoms with Gasteiger partial charge in [-0.3, -0.25) is 0 Å². The Hall–Kier alpha value is -0.970. The van der Waals surface area contributed by atoms with Gasteiger partial charge in [0.05, 0.1) is 15.2 Å². The molecule has 2 aromatic rings. The van der Waals surface area contributed by atoms with Crippen LogP contribution in [0, 0.1) is 11.8 Å². The van der Waals surface area contributed by atoms with E-state index in [9.17, 15) is 0 Å². The van der Waals surface area contributed by atoms with Crippen LogP contribution in [-0.2, 0) is 0 Å². The zero-order valence-electron chi connectivity index (χ0n) is 16.0. The number of likely N-dealkylation sites (tertiary alicyclic amines) is 1. The molecular formula is C21H33N3S. The summed E-state index contributed by atoms with van der Waals surface area (Å²) in [6.07, 6.45) is 5.48. The van der Waals surface area contributed by atoms with Gasteiger partial charge in [0, 0.05) is 12.5 Å². The number of nitrogens with zero attached hydrogens (tertiary/aromatic N) is 2. The lowest BCUT2D eigenvalue weighted by Crippen LogP contribution is -2.35. The predicted octanol–water partition coefficient (Wildman–Crippen LogP) is 4.75. The third-order valence-electron chi connectivity index (χ3n) is 5.53. The second-order valence-corrected chi connectivity index (χ2v) is 9.02. The monoisotopic (exact) mass is 359 g/mol. The lowest BCUT2D eigenvalue weighted by atomic mass is 9.88. The van der Waals surface area contributed by atoms with Gasteiger partial charge in [-0.1, -0.05) is 32.4 Å². The van der Waals surface area contributed by atoms with Gasteiger partial charge in [-0.05, 0) is 69.9 Å². The molecule has 2 fully saturated rings. The molecule has 4 heteroatoms. The van der Waals surface area contributed by atoms with Crippen LogP contribution >= 0.6 is 11.3 Å². The Morgan fingerprint density at radius 3 is 2.80 bits per heavy atom. The maximum absolute atomic E-state index is 4.81. The van der Waals surface area contributed by atoms with Crippen LogP contribution in [0.2, 0.25) is 0 Å². The largest absolute Gasteiger partial charge is 0.316 e. The fourth-order valence-electron chi connectivity index (χ4n) is 3.96. The number of benzene rings is 1. The summed E-state index contributed by atoms with van der Waals surface area (Å²) in [5.74, 6) is 2.29. The Labute approximate surface area is 156 Å². The van der Waals surface area contributed by atoms with Crippen LogP contribution in [0.4, 0.5) is 0 Å². The zero-order valence-corrected chi connectivity index (χ0v) is 16.8. The fraction of sp³-hybridized carbons (Fsp3) is 0.667. The van der Waals surface area contributed by atoms with Crippen molar-refractivity contribution in [3.05, 3.63) is 29.3 Å². The summed E-state index contributed by atoms with van der Waals surface area (Å²) in [6, 6.07) is 8.47. The average molecular weight is 360 g/mol. The van der Waals surface area contributed by atoms with Gasteiger partial charge in [0.1, 0.15) is 0 Å². The first kappa shape index (κ1) is 18.8. The highest BCUT2D eigenvalue weighted by Crippen LogP contribution is 2.36. The number of thiazole rings is 1. The van der Waals surface area contributed by atoms with Crippen LogP contribution in [0.15, 0.2) is 24.3 Å². The van der Waals surface area contributed by atoms with E-state index in [1.807, 2.05) is 11.3 Å². The van der Waals surface area contributed by atoms with Crippen molar-refractivity contribution in [1.29, 1.82) is 0 Å². The molecule has 0 bridgehead atoms. The lowest BCUT2D eigenvalue weighted by molar-refractivity contribution is 0.195. The van der Waals surface area contributed by atoms with Crippen molar-refractivity contribution in [2.45, 2.75) is 45.4 Å². The second-order valence-electron chi connectivity index (χ2n) is 7.96. The Bertz CT molecular complexity index is 612. The fourth-order valence-corrected chi connectivity index (χ4v) is 5.20. The predicted molar refractivity (Wildman–Crippen MR) is 110 cm³/mol. The summed E-state index contributed by atoms with van der Waals surface area (Å²) in [5, 5.41) is 4.74. The van der Waals surface area contributed by atoms with Crippen LogP contribution in [0.1, 0.15) is 50.5 Å². The number of hydrogen-bond donors (Lipinski definition) is 1. The summed E-state index contributed by atoms with van der Waals surface area (Å²) in [7, 11) is 2.21. The molecule has 1 aromatic carbocycles. The SMILES string of the molecule is CC1CCCCNC1.CC1CN(C)CC[C@@H]1c1nc2ccccc2s1. The zero-order chi connectivity index (χ0) is 17.6. The van der Waals surface area contributed by atoms with Crippen LogP contribution in [0.3, 0.4) is 0 Å². The van der Waals surface area contributed by atoms with Crippen molar-refractivity contribution in [3.63, 3.8) is 0 Å². The van der Waals surface area contributed by atoms with E-state index in [-0.39, 0.29) is 0 Å². The first-order chi connectivity index (χ1) is 12.1. The molecule has 3 atom stereocenters. The Kier molecular flexibility index (Phi) is 6.85. The van der Waals surface area contributed by atoms with Gasteiger partial charge in [-0.2, -0.15) is 0 Å². The molecule has 138 valence electrons. The third-order valence-corrected chi connectivity index (χ3v) is 6.70. The highest BCUT2D eigenvalue weighted by atomic mass is 32.1. The van der Waals surface area contributed by atoms with E-state index in [0.29, 0.717) is 11.8 Å². The second kappa shape index (κ2) is 9.11. The summed E-state index contributed by atoms with van der Waals surface area (Å²) in [4.78, 5) is 7.24. The molecule has 1 N–H and O–H groups in total. The number of fused-ring (bicyclic) bond motifs is 1. The Morgan fingerprint density at radius 2 is 2.00 bits per heavy atom. The number of aromatic nitrogens is 1. The highest BCUT2D eigenvalue weighted by Gasteiger charge is 2.27. The molecule has 3 heterocycles. The van der Waals surface area contributed by atoms with Crippen molar-refractivity contribution in [2.75, 3.05) is 33.2 Å². The maximum atomic E-state index is 4.81. The normalized spacial score (nSPS) is 28.2. The average Bonchev–Trinajstić information content (AvgIpc) is 2.87. The molecule has 3 nitrogen and oxygen atoms in total. The van der Waals surface area contributed by atoms with Gasteiger partial charge in [0.2, 0.25) is 0 Å². The molecule has 2 saturated heterocycles. The Balaban J connectivity index is 0.000000192. The van der Waals surface area contributed by atoms with Crippen molar-refractivity contribution in [3.8, 4) is 0 Å². The van der Waals surface area contributed by atoms with Crippen LogP contribution in [-0.4, -0.2) is 43.1 Å². The van der Waals surface area contributed by atoms with E-state index in [0.717, 1.165) is 5.92 Å². The highest BCUT2D eigenvalue weighted by molar-refractivity contribution is 7.18. The lowest BCUT2D eigenvalue weighted by Gasteiger charge is -2.33. The number of nitrogens with one attached hydrogen (secondary N) is 1. The van der Waals surface area contributed by atoms with Gasteiger partial charge in [-0.15, -0.1) is 11.3 Å². The number of para-hydroxylation sites is 1. The minimum absolute atomic E-state index is 0.656. The summed E-state index contributed by atoms with van der Waals surface area (Å²) in [6.45, 7) is 9.54. The Morgan fingerprint density at radius 1 is 1.16 bits per heavy atom. The number of hydrogen-bond acceptors (Lipinski definition) is 4. The van der Waals surface area contributed by atoms with Crippen molar-refractivity contribution in [2.24, 2.45) is 11.8 Å². The minimum Gasteiger partial charge on any atom is -0.316 e. The third kappa shape index (κ3) is 5.25. The summed E-state index contributed by atoms with van der Waals surface area (Å²) >= 11 is 1.88.